The Hall–Kier alpha value is -1.55. The van der Waals surface area contributed by atoms with Gasteiger partial charge in [-0.1, -0.05) is 24.3 Å². The van der Waals surface area contributed by atoms with E-state index in [0.717, 1.165) is 12.8 Å². The molecule has 3 N–H and O–H groups in total. The van der Waals surface area contributed by atoms with Crippen molar-refractivity contribution in [3.8, 4) is 0 Å². The third-order valence-corrected chi connectivity index (χ3v) is 4.06. The van der Waals surface area contributed by atoms with Crippen LogP contribution in [0.3, 0.4) is 0 Å². The maximum atomic E-state index is 11.8. The summed E-state index contributed by atoms with van der Waals surface area (Å²) in [4.78, 5) is 11.8. The molecule has 1 saturated carbocycles. The fourth-order valence-corrected chi connectivity index (χ4v) is 2.59. The van der Waals surface area contributed by atoms with Gasteiger partial charge in [-0.15, -0.1) is 0 Å². The molecule has 21 heavy (non-hydrogen) atoms. The zero-order valence-electron chi connectivity index (χ0n) is 13.4. The zero-order valence-corrected chi connectivity index (χ0v) is 13.4. The predicted molar refractivity (Wildman–Crippen MR) is 84.0 cm³/mol. The second-order valence-corrected chi connectivity index (χ2v) is 7.05. The van der Waals surface area contributed by atoms with Crippen LogP contribution in [0.4, 0.5) is 4.79 Å². The highest BCUT2D eigenvalue weighted by Gasteiger charge is 2.48. The summed E-state index contributed by atoms with van der Waals surface area (Å²) < 4.78 is 5.28. The molecule has 2 rings (SSSR count). The molecule has 1 aromatic rings. The van der Waals surface area contributed by atoms with Gasteiger partial charge in [0.15, 0.2) is 0 Å². The first-order chi connectivity index (χ1) is 9.73. The fourth-order valence-electron chi connectivity index (χ4n) is 2.59. The normalized spacial score (nSPS) is 18.0. The van der Waals surface area contributed by atoms with E-state index in [2.05, 4.69) is 24.4 Å². The van der Waals surface area contributed by atoms with Crippen LogP contribution in [0.1, 0.15) is 50.8 Å². The lowest BCUT2D eigenvalue weighted by Crippen LogP contribution is -2.39. The number of benzene rings is 1. The Labute approximate surface area is 127 Å². The van der Waals surface area contributed by atoms with Gasteiger partial charge in [0.1, 0.15) is 5.60 Å². The van der Waals surface area contributed by atoms with Gasteiger partial charge in [0.25, 0.3) is 0 Å². The maximum Gasteiger partial charge on any atom is 0.407 e. The Bertz CT molecular complexity index is 516. The predicted octanol–water partition coefficient (Wildman–Crippen LogP) is 3.30. The van der Waals surface area contributed by atoms with Crippen LogP contribution in [0.15, 0.2) is 24.3 Å². The van der Waals surface area contributed by atoms with Gasteiger partial charge >= 0.3 is 6.09 Å². The van der Waals surface area contributed by atoms with E-state index in [-0.39, 0.29) is 17.6 Å². The first kappa shape index (κ1) is 15.8. The van der Waals surface area contributed by atoms with Crippen LogP contribution in [-0.4, -0.2) is 18.2 Å². The van der Waals surface area contributed by atoms with Crippen molar-refractivity contribution in [2.75, 3.05) is 6.54 Å². The van der Waals surface area contributed by atoms with Gasteiger partial charge in [-0.3, -0.25) is 0 Å². The molecular weight excluding hydrogens is 264 g/mol. The lowest BCUT2D eigenvalue weighted by molar-refractivity contribution is 0.0513. The molecule has 1 aliphatic rings. The third-order valence-electron chi connectivity index (χ3n) is 4.06. The van der Waals surface area contributed by atoms with Gasteiger partial charge in [0, 0.05) is 18.0 Å². The van der Waals surface area contributed by atoms with Gasteiger partial charge in [-0.2, -0.15) is 0 Å². The molecule has 1 fully saturated rings. The largest absolute Gasteiger partial charge is 0.444 e. The molecule has 1 amide bonds. The van der Waals surface area contributed by atoms with Crippen molar-refractivity contribution < 1.29 is 9.53 Å². The number of carbonyl (C=O) groups excluding carboxylic acids is 1. The van der Waals surface area contributed by atoms with E-state index >= 15 is 0 Å². The van der Waals surface area contributed by atoms with Crippen molar-refractivity contribution >= 4 is 6.09 Å². The monoisotopic (exact) mass is 290 g/mol. The molecule has 4 heteroatoms. The Morgan fingerprint density at radius 2 is 2.00 bits per heavy atom. The van der Waals surface area contributed by atoms with Crippen molar-refractivity contribution in [1.29, 1.82) is 0 Å². The number of hydrogen-bond donors (Lipinski definition) is 2. The first-order valence-electron chi connectivity index (χ1n) is 7.51. The van der Waals surface area contributed by atoms with Gasteiger partial charge < -0.3 is 15.8 Å². The van der Waals surface area contributed by atoms with E-state index in [1.54, 1.807) is 0 Å². The molecule has 4 nitrogen and oxygen atoms in total. The van der Waals surface area contributed by atoms with Crippen LogP contribution in [0.25, 0.3) is 0 Å². The quantitative estimate of drug-likeness (QED) is 0.894. The summed E-state index contributed by atoms with van der Waals surface area (Å²) in [6.45, 7) is 8.22. The number of rotatable bonds is 4. The zero-order chi connectivity index (χ0) is 15.7. The third kappa shape index (κ3) is 3.97. The maximum absolute atomic E-state index is 11.8. The van der Waals surface area contributed by atoms with E-state index < -0.39 is 5.60 Å². The SMILES string of the molecule is Cc1ccccc1C(N)C1(CNC(=O)OC(C)(C)C)CC1. The van der Waals surface area contributed by atoms with Crippen LogP contribution in [0.2, 0.25) is 0 Å². The van der Waals surface area contributed by atoms with Crippen molar-refractivity contribution in [2.24, 2.45) is 11.1 Å². The van der Waals surface area contributed by atoms with E-state index in [0.29, 0.717) is 6.54 Å². The smallest absolute Gasteiger partial charge is 0.407 e. The molecule has 0 saturated heterocycles. The molecule has 1 aliphatic carbocycles. The molecule has 1 atom stereocenters. The summed E-state index contributed by atoms with van der Waals surface area (Å²) in [6.07, 6.45) is 1.71. The number of aryl methyl sites for hydroxylation is 1. The summed E-state index contributed by atoms with van der Waals surface area (Å²) in [5.74, 6) is 0. The molecule has 0 bridgehead atoms. The lowest BCUT2D eigenvalue weighted by Gasteiger charge is -2.26. The van der Waals surface area contributed by atoms with Gasteiger partial charge in [0.05, 0.1) is 0 Å². The number of nitrogens with two attached hydrogens (primary N) is 1. The Morgan fingerprint density at radius 3 is 2.52 bits per heavy atom. The minimum absolute atomic E-state index is 0.0248. The van der Waals surface area contributed by atoms with Gasteiger partial charge in [-0.25, -0.2) is 4.79 Å². The summed E-state index contributed by atoms with van der Waals surface area (Å²) in [5.41, 5.74) is 8.33. The molecule has 1 unspecified atom stereocenters. The highest BCUT2D eigenvalue weighted by Crippen LogP contribution is 2.53. The highest BCUT2D eigenvalue weighted by atomic mass is 16.6. The number of hydrogen-bond acceptors (Lipinski definition) is 3. The number of carbonyl (C=O) groups is 1. The van der Waals surface area contributed by atoms with Crippen molar-refractivity contribution in [1.82, 2.24) is 5.32 Å². The van der Waals surface area contributed by atoms with Crippen LogP contribution in [0, 0.1) is 12.3 Å². The van der Waals surface area contributed by atoms with Crippen molar-refractivity contribution in [3.05, 3.63) is 35.4 Å². The Kier molecular flexibility index (Phi) is 4.28. The molecule has 0 heterocycles. The molecule has 0 aliphatic heterocycles. The number of nitrogens with one attached hydrogen (secondary N) is 1. The lowest BCUT2D eigenvalue weighted by atomic mass is 9.88. The van der Waals surface area contributed by atoms with Gasteiger partial charge in [0.2, 0.25) is 0 Å². The van der Waals surface area contributed by atoms with Crippen molar-refractivity contribution in [2.45, 2.75) is 52.2 Å². The fraction of sp³-hybridized carbons (Fsp3) is 0.588. The molecule has 116 valence electrons. The van der Waals surface area contributed by atoms with Crippen LogP contribution in [-0.2, 0) is 4.74 Å². The minimum atomic E-state index is -0.473. The highest BCUT2D eigenvalue weighted by molar-refractivity contribution is 5.67. The Balaban J connectivity index is 1.97. The van der Waals surface area contributed by atoms with E-state index in [4.69, 9.17) is 10.5 Å². The van der Waals surface area contributed by atoms with E-state index in [9.17, 15) is 4.79 Å². The second-order valence-electron chi connectivity index (χ2n) is 7.05. The Morgan fingerprint density at radius 1 is 1.38 bits per heavy atom. The molecule has 1 aromatic carbocycles. The van der Waals surface area contributed by atoms with Crippen LogP contribution >= 0.6 is 0 Å². The molecular formula is C17H26N2O2. The standard InChI is InChI=1S/C17H26N2O2/c1-12-7-5-6-8-13(12)14(18)17(9-10-17)11-19-15(20)21-16(2,3)4/h5-8,14H,9-11,18H2,1-4H3,(H,19,20). The average molecular weight is 290 g/mol. The van der Waals surface area contributed by atoms with Gasteiger partial charge in [-0.05, 0) is 51.7 Å². The second kappa shape index (κ2) is 5.68. The minimum Gasteiger partial charge on any atom is -0.444 e. The molecule has 0 spiro atoms. The number of amides is 1. The molecule has 0 aromatic heterocycles. The molecule has 0 radical (unpaired) electrons. The summed E-state index contributed by atoms with van der Waals surface area (Å²) >= 11 is 0. The average Bonchev–Trinajstić information content (AvgIpc) is 3.15. The van der Waals surface area contributed by atoms with E-state index in [1.807, 2.05) is 32.9 Å². The van der Waals surface area contributed by atoms with Crippen LogP contribution in [0.5, 0.6) is 0 Å². The first-order valence-corrected chi connectivity index (χ1v) is 7.51. The van der Waals surface area contributed by atoms with Crippen LogP contribution < -0.4 is 11.1 Å². The summed E-state index contributed by atoms with van der Waals surface area (Å²) in [7, 11) is 0. The number of alkyl carbamates (subject to hydrolysis) is 1. The van der Waals surface area contributed by atoms with E-state index in [1.165, 1.54) is 11.1 Å². The summed E-state index contributed by atoms with van der Waals surface area (Å²) in [5, 5.41) is 2.87. The van der Waals surface area contributed by atoms with Crippen molar-refractivity contribution in [3.63, 3.8) is 0 Å². The topological polar surface area (TPSA) is 64.3 Å². The summed E-state index contributed by atoms with van der Waals surface area (Å²) in [6, 6.07) is 8.14. The number of ether oxygens (including phenoxy) is 1.